The van der Waals surface area contributed by atoms with Crippen LogP contribution in [-0.2, 0) is 11.3 Å². The maximum atomic E-state index is 11.2. The van der Waals surface area contributed by atoms with Crippen molar-refractivity contribution in [2.45, 2.75) is 32.4 Å². The molecule has 0 saturated carbocycles. The monoisotopic (exact) mass is 334 g/mol. The van der Waals surface area contributed by atoms with Gasteiger partial charge in [0.2, 0.25) is 17.6 Å². The molecule has 2 heterocycles. The van der Waals surface area contributed by atoms with Crippen LogP contribution in [0.3, 0.4) is 0 Å². The van der Waals surface area contributed by atoms with Crippen LogP contribution in [-0.4, -0.2) is 40.1 Å². The average Bonchev–Trinajstić information content (AvgIpc) is 2.96. The highest BCUT2D eigenvalue weighted by Gasteiger charge is 2.22. The van der Waals surface area contributed by atoms with E-state index in [0.717, 1.165) is 31.5 Å². The van der Waals surface area contributed by atoms with Crippen LogP contribution in [0.4, 0.5) is 0 Å². The summed E-state index contributed by atoms with van der Waals surface area (Å²) in [4.78, 5) is 17.8. The highest BCUT2D eigenvalue weighted by molar-refractivity contribution is 6.30. The summed E-state index contributed by atoms with van der Waals surface area (Å²) in [5, 5.41) is 7.67. The zero-order valence-electron chi connectivity index (χ0n) is 13.0. The Morgan fingerprint density at radius 3 is 2.96 bits per heavy atom. The first-order valence-electron chi connectivity index (χ1n) is 7.68. The van der Waals surface area contributed by atoms with E-state index in [1.54, 1.807) is 19.1 Å². The molecular weight excluding hydrogens is 316 g/mol. The highest BCUT2D eigenvalue weighted by atomic mass is 35.5. The number of aromatic nitrogens is 2. The SMILES string of the molecule is CC(=O)NC1CCCN(Cc2nc(-c3ccc(Cl)cc3)no2)C1. The summed E-state index contributed by atoms with van der Waals surface area (Å²) in [6.07, 6.45) is 2.05. The lowest BCUT2D eigenvalue weighted by Crippen LogP contribution is -2.46. The van der Waals surface area contributed by atoms with E-state index in [4.69, 9.17) is 16.1 Å². The Morgan fingerprint density at radius 1 is 1.43 bits per heavy atom. The minimum Gasteiger partial charge on any atom is -0.352 e. The molecule has 1 aliphatic heterocycles. The largest absolute Gasteiger partial charge is 0.352 e. The van der Waals surface area contributed by atoms with Gasteiger partial charge in [0.15, 0.2) is 0 Å². The number of halogens is 1. The number of likely N-dealkylation sites (tertiary alicyclic amines) is 1. The lowest BCUT2D eigenvalue weighted by Gasteiger charge is -2.31. The zero-order valence-corrected chi connectivity index (χ0v) is 13.7. The van der Waals surface area contributed by atoms with E-state index in [1.165, 1.54) is 0 Å². The van der Waals surface area contributed by atoms with Gasteiger partial charge >= 0.3 is 0 Å². The molecule has 3 rings (SSSR count). The van der Waals surface area contributed by atoms with Crippen LogP contribution >= 0.6 is 11.6 Å². The first-order valence-corrected chi connectivity index (χ1v) is 8.06. The maximum Gasteiger partial charge on any atom is 0.241 e. The fourth-order valence-electron chi connectivity index (χ4n) is 2.83. The Morgan fingerprint density at radius 2 is 2.22 bits per heavy atom. The molecule has 2 aromatic rings. The van der Waals surface area contributed by atoms with Crippen molar-refractivity contribution in [3.63, 3.8) is 0 Å². The lowest BCUT2D eigenvalue weighted by atomic mass is 10.1. The molecular formula is C16H19ClN4O2. The van der Waals surface area contributed by atoms with Gasteiger partial charge in [-0.25, -0.2) is 0 Å². The molecule has 23 heavy (non-hydrogen) atoms. The van der Waals surface area contributed by atoms with Gasteiger partial charge in [-0.3, -0.25) is 9.69 Å². The molecule has 6 nitrogen and oxygen atoms in total. The van der Waals surface area contributed by atoms with E-state index in [0.29, 0.717) is 23.3 Å². The van der Waals surface area contributed by atoms with Crippen LogP contribution < -0.4 is 5.32 Å². The van der Waals surface area contributed by atoms with Crippen LogP contribution in [0.2, 0.25) is 5.02 Å². The molecule has 1 amide bonds. The molecule has 1 saturated heterocycles. The van der Waals surface area contributed by atoms with Gasteiger partial charge in [0, 0.05) is 30.1 Å². The number of carbonyl (C=O) groups is 1. The smallest absolute Gasteiger partial charge is 0.241 e. The third-order valence-electron chi connectivity index (χ3n) is 3.84. The second-order valence-electron chi connectivity index (χ2n) is 5.79. The van der Waals surface area contributed by atoms with Crippen molar-refractivity contribution in [1.29, 1.82) is 0 Å². The van der Waals surface area contributed by atoms with Gasteiger partial charge in [-0.1, -0.05) is 16.8 Å². The van der Waals surface area contributed by atoms with Gasteiger partial charge in [-0.05, 0) is 43.7 Å². The van der Waals surface area contributed by atoms with Crippen LogP contribution in [0.1, 0.15) is 25.7 Å². The molecule has 1 aliphatic rings. The van der Waals surface area contributed by atoms with Crippen molar-refractivity contribution in [2.75, 3.05) is 13.1 Å². The molecule has 0 bridgehead atoms. The number of piperidine rings is 1. The van der Waals surface area contributed by atoms with Crippen LogP contribution in [0.15, 0.2) is 28.8 Å². The number of nitrogens with zero attached hydrogens (tertiary/aromatic N) is 3. The van der Waals surface area contributed by atoms with Crippen molar-refractivity contribution in [1.82, 2.24) is 20.4 Å². The third kappa shape index (κ3) is 4.30. The van der Waals surface area contributed by atoms with Crippen LogP contribution in [0, 0.1) is 0 Å². The Labute approximate surface area is 139 Å². The summed E-state index contributed by atoms with van der Waals surface area (Å²) in [6.45, 7) is 3.92. The van der Waals surface area contributed by atoms with Gasteiger partial charge < -0.3 is 9.84 Å². The van der Waals surface area contributed by atoms with Crippen molar-refractivity contribution < 1.29 is 9.32 Å². The summed E-state index contributed by atoms with van der Waals surface area (Å²) in [5.41, 5.74) is 0.874. The number of nitrogens with one attached hydrogen (secondary N) is 1. The summed E-state index contributed by atoms with van der Waals surface area (Å²) in [5.74, 6) is 1.16. The minimum absolute atomic E-state index is 0.0136. The summed E-state index contributed by atoms with van der Waals surface area (Å²) >= 11 is 5.88. The molecule has 7 heteroatoms. The number of carbonyl (C=O) groups excluding carboxylic acids is 1. The molecule has 122 valence electrons. The molecule has 1 unspecified atom stereocenters. The normalized spacial score (nSPS) is 18.8. The Bertz CT molecular complexity index is 671. The second-order valence-corrected chi connectivity index (χ2v) is 6.23. The minimum atomic E-state index is 0.0136. The van der Waals surface area contributed by atoms with Crippen molar-refractivity contribution in [2.24, 2.45) is 0 Å². The number of benzene rings is 1. The number of hydrogen-bond acceptors (Lipinski definition) is 5. The summed E-state index contributed by atoms with van der Waals surface area (Å²) in [6, 6.07) is 7.53. The first-order chi connectivity index (χ1) is 11.1. The van der Waals surface area contributed by atoms with Gasteiger partial charge in [0.25, 0.3) is 0 Å². The highest BCUT2D eigenvalue weighted by Crippen LogP contribution is 2.20. The van der Waals surface area contributed by atoms with E-state index in [-0.39, 0.29) is 11.9 Å². The van der Waals surface area contributed by atoms with E-state index < -0.39 is 0 Å². The fourth-order valence-corrected chi connectivity index (χ4v) is 2.96. The van der Waals surface area contributed by atoms with E-state index >= 15 is 0 Å². The molecule has 1 N–H and O–H groups in total. The molecule has 0 radical (unpaired) electrons. The summed E-state index contributed by atoms with van der Waals surface area (Å²) < 4.78 is 5.35. The predicted molar refractivity (Wildman–Crippen MR) is 86.9 cm³/mol. The Balaban J connectivity index is 1.62. The molecule has 0 aliphatic carbocycles. The fraction of sp³-hybridized carbons (Fsp3) is 0.438. The third-order valence-corrected chi connectivity index (χ3v) is 4.09. The topological polar surface area (TPSA) is 71.3 Å². The number of hydrogen-bond donors (Lipinski definition) is 1. The van der Waals surface area contributed by atoms with Gasteiger partial charge in [-0.15, -0.1) is 0 Å². The van der Waals surface area contributed by atoms with Crippen molar-refractivity contribution >= 4 is 17.5 Å². The van der Waals surface area contributed by atoms with Gasteiger partial charge in [0.1, 0.15) is 0 Å². The molecule has 1 aromatic heterocycles. The van der Waals surface area contributed by atoms with Gasteiger partial charge in [0.05, 0.1) is 6.54 Å². The lowest BCUT2D eigenvalue weighted by molar-refractivity contribution is -0.120. The van der Waals surface area contributed by atoms with Crippen LogP contribution in [0.25, 0.3) is 11.4 Å². The molecule has 0 spiro atoms. The van der Waals surface area contributed by atoms with Crippen LogP contribution in [0.5, 0.6) is 0 Å². The standard InChI is InChI=1S/C16H19ClN4O2/c1-11(22)18-14-3-2-8-21(9-14)10-15-19-16(20-23-15)12-4-6-13(17)7-5-12/h4-7,14H,2-3,8-10H2,1H3,(H,18,22). The predicted octanol–water partition coefficient (Wildman–Crippen LogP) is 2.49. The maximum absolute atomic E-state index is 11.2. The molecule has 1 aromatic carbocycles. The number of rotatable bonds is 4. The molecule has 1 atom stereocenters. The van der Waals surface area contributed by atoms with E-state index in [2.05, 4.69) is 20.4 Å². The van der Waals surface area contributed by atoms with Crippen molar-refractivity contribution in [3.05, 3.63) is 35.2 Å². The van der Waals surface area contributed by atoms with Crippen molar-refractivity contribution in [3.8, 4) is 11.4 Å². The summed E-state index contributed by atoms with van der Waals surface area (Å²) in [7, 11) is 0. The Hall–Kier alpha value is -1.92. The van der Waals surface area contributed by atoms with E-state index in [9.17, 15) is 4.79 Å². The molecule has 1 fully saturated rings. The average molecular weight is 335 g/mol. The number of amides is 1. The van der Waals surface area contributed by atoms with Gasteiger partial charge in [-0.2, -0.15) is 4.98 Å². The Kier molecular flexibility index (Phi) is 4.93. The second kappa shape index (κ2) is 7.10. The quantitative estimate of drug-likeness (QED) is 0.930. The first kappa shape index (κ1) is 16.0. The van der Waals surface area contributed by atoms with E-state index in [1.807, 2.05) is 12.1 Å². The zero-order chi connectivity index (χ0) is 16.2.